The van der Waals surface area contributed by atoms with E-state index < -0.39 is 17.9 Å². The molecule has 0 bridgehead atoms. The van der Waals surface area contributed by atoms with Gasteiger partial charge in [0.1, 0.15) is 5.00 Å². The molecule has 0 aromatic carbocycles. The average Bonchev–Trinajstić information content (AvgIpc) is 2.91. The number of carbonyl (C=O) groups is 2. The molecule has 6 heteroatoms. The predicted molar refractivity (Wildman–Crippen MR) is 87.5 cm³/mol. The highest BCUT2D eigenvalue weighted by Crippen LogP contribution is 2.33. The largest absolute Gasteiger partial charge is 0.481 e. The lowest BCUT2D eigenvalue weighted by Gasteiger charge is -2.23. The van der Waals surface area contributed by atoms with E-state index in [4.69, 9.17) is 16.3 Å². The van der Waals surface area contributed by atoms with Gasteiger partial charge in [-0.25, -0.2) is 4.79 Å². The standard InChI is InChI=1S/C16H21NO4S/c1-5-8-17(10-11(4)15(18)19)14-13(16(20)21-7-3)9-12(6-2)22-14/h1,9,11H,6-8,10H2,2-4H3,(H,18,19). The lowest BCUT2D eigenvalue weighted by molar-refractivity contribution is -0.140. The first-order chi connectivity index (χ1) is 10.4. The molecule has 1 heterocycles. The van der Waals surface area contributed by atoms with E-state index in [1.165, 1.54) is 11.3 Å². The van der Waals surface area contributed by atoms with Gasteiger partial charge in [-0.2, -0.15) is 0 Å². The number of hydrogen-bond acceptors (Lipinski definition) is 5. The number of nitrogens with zero attached hydrogens (tertiary/aromatic N) is 1. The summed E-state index contributed by atoms with van der Waals surface area (Å²) >= 11 is 1.45. The Bertz CT molecular complexity index is 573. The van der Waals surface area contributed by atoms with Crippen LogP contribution in [0.4, 0.5) is 5.00 Å². The minimum atomic E-state index is -0.896. The Morgan fingerprint density at radius 1 is 1.50 bits per heavy atom. The molecule has 1 aromatic rings. The maximum absolute atomic E-state index is 12.1. The Morgan fingerprint density at radius 2 is 2.18 bits per heavy atom. The van der Waals surface area contributed by atoms with Crippen molar-refractivity contribution in [3.8, 4) is 12.3 Å². The van der Waals surface area contributed by atoms with Crippen molar-refractivity contribution in [2.24, 2.45) is 5.92 Å². The van der Waals surface area contributed by atoms with Crippen LogP contribution in [-0.4, -0.2) is 36.7 Å². The zero-order chi connectivity index (χ0) is 16.7. The summed E-state index contributed by atoms with van der Waals surface area (Å²) in [6.45, 7) is 6.14. The topological polar surface area (TPSA) is 66.8 Å². The molecule has 0 spiro atoms. The second-order valence-corrected chi connectivity index (χ2v) is 5.94. The predicted octanol–water partition coefficient (Wildman–Crippen LogP) is 2.65. The quantitative estimate of drug-likeness (QED) is 0.588. The molecule has 0 saturated carbocycles. The van der Waals surface area contributed by atoms with Gasteiger partial charge >= 0.3 is 11.9 Å². The van der Waals surface area contributed by atoms with Crippen molar-refractivity contribution < 1.29 is 19.4 Å². The summed E-state index contributed by atoms with van der Waals surface area (Å²) in [5.74, 6) is 0.636. The van der Waals surface area contributed by atoms with Crippen molar-refractivity contribution >= 4 is 28.3 Å². The molecule has 22 heavy (non-hydrogen) atoms. The molecule has 0 amide bonds. The third-order valence-electron chi connectivity index (χ3n) is 3.09. The Hall–Kier alpha value is -2.00. The van der Waals surface area contributed by atoms with Crippen molar-refractivity contribution in [2.45, 2.75) is 27.2 Å². The third-order valence-corrected chi connectivity index (χ3v) is 4.43. The minimum absolute atomic E-state index is 0.244. The highest BCUT2D eigenvalue weighted by Gasteiger charge is 2.24. The molecule has 0 saturated heterocycles. The van der Waals surface area contributed by atoms with Crippen LogP contribution < -0.4 is 4.90 Å². The molecule has 1 unspecified atom stereocenters. The van der Waals surface area contributed by atoms with Crippen molar-refractivity contribution in [1.82, 2.24) is 0 Å². The van der Waals surface area contributed by atoms with E-state index in [9.17, 15) is 9.59 Å². The molecule has 120 valence electrons. The van der Waals surface area contributed by atoms with Crippen molar-refractivity contribution in [2.75, 3.05) is 24.6 Å². The highest BCUT2D eigenvalue weighted by atomic mass is 32.1. The number of carbonyl (C=O) groups excluding carboxylic acids is 1. The van der Waals surface area contributed by atoms with Crippen LogP contribution in [0, 0.1) is 18.3 Å². The van der Waals surface area contributed by atoms with Gasteiger partial charge in [-0.1, -0.05) is 19.8 Å². The molecule has 0 aliphatic rings. The molecular formula is C16H21NO4S. The van der Waals surface area contributed by atoms with Gasteiger partial charge in [0, 0.05) is 11.4 Å². The number of esters is 1. The van der Waals surface area contributed by atoms with Gasteiger partial charge in [-0.05, 0) is 19.4 Å². The van der Waals surface area contributed by atoms with Crippen LogP contribution in [0.3, 0.4) is 0 Å². The molecule has 5 nitrogen and oxygen atoms in total. The lowest BCUT2D eigenvalue weighted by atomic mass is 10.1. The van der Waals surface area contributed by atoms with Gasteiger partial charge in [0.15, 0.2) is 0 Å². The molecule has 0 fully saturated rings. The SMILES string of the molecule is C#CCN(CC(C)C(=O)O)c1sc(CC)cc1C(=O)OCC. The Kier molecular flexibility index (Phi) is 6.93. The highest BCUT2D eigenvalue weighted by molar-refractivity contribution is 7.16. The number of aryl methyl sites for hydroxylation is 1. The van der Waals surface area contributed by atoms with Gasteiger partial charge in [0.05, 0.1) is 24.6 Å². The van der Waals surface area contributed by atoms with E-state index in [-0.39, 0.29) is 19.7 Å². The van der Waals surface area contributed by atoms with Crippen molar-refractivity contribution in [3.63, 3.8) is 0 Å². The van der Waals surface area contributed by atoms with E-state index in [1.807, 2.05) is 6.92 Å². The summed E-state index contributed by atoms with van der Waals surface area (Å²) in [5.41, 5.74) is 0.455. The second kappa shape index (κ2) is 8.44. The molecule has 0 radical (unpaired) electrons. The van der Waals surface area contributed by atoms with Gasteiger partial charge in [-0.15, -0.1) is 17.8 Å². The summed E-state index contributed by atoms with van der Waals surface area (Å²) in [6, 6.07) is 1.80. The number of aliphatic carboxylic acids is 1. The Morgan fingerprint density at radius 3 is 2.68 bits per heavy atom. The number of anilines is 1. The number of thiophene rings is 1. The average molecular weight is 323 g/mol. The number of carboxylic acid groups (broad SMARTS) is 1. The molecule has 0 aliphatic heterocycles. The van der Waals surface area contributed by atoms with E-state index in [0.29, 0.717) is 10.6 Å². The fourth-order valence-corrected chi connectivity index (χ4v) is 3.02. The maximum Gasteiger partial charge on any atom is 0.341 e. The summed E-state index contributed by atoms with van der Waals surface area (Å²) in [7, 11) is 0. The first-order valence-corrected chi connectivity index (χ1v) is 7.97. The summed E-state index contributed by atoms with van der Waals surface area (Å²) < 4.78 is 5.08. The lowest BCUT2D eigenvalue weighted by Crippen LogP contribution is -2.32. The van der Waals surface area contributed by atoms with Crippen LogP contribution >= 0.6 is 11.3 Å². The molecule has 1 aromatic heterocycles. The van der Waals surface area contributed by atoms with Gasteiger partial charge in [0.25, 0.3) is 0 Å². The monoisotopic (exact) mass is 323 g/mol. The third kappa shape index (κ3) is 4.50. The smallest absolute Gasteiger partial charge is 0.341 e. The van der Waals surface area contributed by atoms with E-state index in [1.54, 1.807) is 24.8 Å². The van der Waals surface area contributed by atoms with Crippen LogP contribution in [0.1, 0.15) is 36.0 Å². The molecule has 1 rings (SSSR count). The normalized spacial score (nSPS) is 11.5. The minimum Gasteiger partial charge on any atom is -0.481 e. The first kappa shape index (κ1) is 18.1. The van der Waals surface area contributed by atoms with Crippen molar-refractivity contribution in [1.29, 1.82) is 0 Å². The van der Waals surface area contributed by atoms with E-state index in [0.717, 1.165) is 11.3 Å². The maximum atomic E-state index is 12.1. The Balaban J connectivity index is 3.17. The van der Waals surface area contributed by atoms with E-state index >= 15 is 0 Å². The number of ether oxygens (including phenoxy) is 1. The van der Waals surface area contributed by atoms with Crippen LogP contribution in [0.25, 0.3) is 0 Å². The zero-order valence-electron chi connectivity index (χ0n) is 13.1. The number of rotatable bonds is 8. The molecular weight excluding hydrogens is 302 g/mol. The first-order valence-electron chi connectivity index (χ1n) is 7.15. The van der Waals surface area contributed by atoms with Gasteiger partial charge in [-0.3, -0.25) is 4.79 Å². The summed E-state index contributed by atoms with van der Waals surface area (Å²) in [4.78, 5) is 26.0. The van der Waals surface area contributed by atoms with Crippen LogP contribution in [-0.2, 0) is 16.0 Å². The molecule has 1 N–H and O–H groups in total. The number of terminal acetylenes is 1. The summed E-state index contributed by atoms with van der Waals surface area (Å²) in [6.07, 6.45) is 6.18. The second-order valence-electron chi connectivity index (χ2n) is 4.83. The Labute approximate surface area is 134 Å². The van der Waals surface area contributed by atoms with Gasteiger partial charge in [0.2, 0.25) is 0 Å². The van der Waals surface area contributed by atoms with Crippen LogP contribution in [0.15, 0.2) is 6.07 Å². The van der Waals surface area contributed by atoms with Gasteiger partial charge < -0.3 is 14.7 Å². The fourth-order valence-electron chi connectivity index (χ4n) is 1.93. The zero-order valence-corrected chi connectivity index (χ0v) is 13.9. The van der Waals surface area contributed by atoms with E-state index in [2.05, 4.69) is 5.92 Å². The number of hydrogen-bond donors (Lipinski definition) is 1. The molecule has 0 aliphatic carbocycles. The van der Waals surface area contributed by atoms with Crippen LogP contribution in [0.2, 0.25) is 0 Å². The van der Waals surface area contributed by atoms with Crippen LogP contribution in [0.5, 0.6) is 0 Å². The number of carboxylic acids is 1. The summed E-state index contributed by atoms with van der Waals surface area (Å²) in [5, 5.41) is 9.78. The fraction of sp³-hybridized carbons (Fsp3) is 0.500. The molecule has 1 atom stereocenters. The van der Waals surface area contributed by atoms with Crippen molar-refractivity contribution in [3.05, 3.63) is 16.5 Å².